The summed E-state index contributed by atoms with van der Waals surface area (Å²) in [6, 6.07) is 19.7. The van der Waals surface area contributed by atoms with Crippen molar-refractivity contribution < 1.29 is 9.59 Å². The molecule has 176 valence electrons. The highest BCUT2D eigenvalue weighted by Gasteiger charge is 2.11. The van der Waals surface area contributed by atoms with E-state index in [1.54, 1.807) is 0 Å². The minimum absolute atomic E-state index is 0.109. The fourth-order valence-electron chi connectivity index (χ4n) is 3.38. The van der Waals surface area contributed by atoms with Crippen molar-refractivity contribution in [1.82, 2.24) is 10.9 Å². The summed E-state index contributed by atoms with van der Waals surface area (Å²) < 4.78 is 0. The van der Waals surface area contributed by atoms with Crippen LogP contribution in [-0.2, 0) is 9.59 Å². The summed E-state index contributed by atoms with van der Waals surface area (Å²) in [6.45, 7) is 8.21. The van der Waals surface area contributed by atoms with Gasteiger partial charge < -0.3 is 0 Å². The zero-order valence-electron chi connectivity index (χ0n) is 20.2. The Kier molecular flexibility index (Phi) is 11.0. The Morgan fingerprint density at radius 2 is 1.00 bits per heavy atom. The number of rotatable bonds is 12. The summed E-state index contributed by atoms with van der Waals surface area (Å²) in [7, 11) is 0. The summed E-state index contributed by atoms with van der Waals surface area (Å²) >= 11 is 0. The Hall–Kier alpha value is -3.28. The average Bonchev–Trinajstić information content (AvgIpc) is 2.80. The van der Waals surface area contributed by atoms with Gasteiger partial charge in [0.25, 0.3) is 0 Å². The van der Waals surface area contributed by atoms with Crippen LogP contribution in [0.1, 0.15) is 70.9 Å². The van der Waals surface area contributed by atoms with Crippen LogP contribution >= 0.6 is 0 Å². The molecule has 2 aromatic carbocycles. The van der Waals surface area contributed by atoms with Gasteiger partial charge in [-0.3, -0.25) is 9.59 Å². The van der Waals surface area contributed by atoms with Crippen molar-refractivity contribution in [2.45, 2.75) is 59.8 Å². The van der Waals surface area contributed by atoms with Crippen molar-refractivity contribution >= 4 is 23.2 Å². The van der Waals surface area contributed by atoms with Gasteiger partial charge in [-0.05, 0) is 35.8 Å². The molecule has 0 saturated heterocycles. The fourth-order valence-corrected chi connectivity index (χ4v) is 3.38. The van der Waals surface area contributed by atoms with E-state index in [0.29, 0.717) is 25.7 Å². The summed E-state index contributed by atoms with van der Waals surface area (Å²) in [5, 5.41) is 8.68. The van der Waals surface area contributed by atoms with Crippen LogP contribution in [0.15, 0.2) is 70.9 Å². The summed E-state index contributed by atoms with van der Waals surface area (Å²) in [4.78, 5) is 24.3. The van der Waals surface area contributed by atoms with E-state index in [-0.39, 0.29) is 23.7 Å². The van der Waals surface area contributed by atoms with Crippen molar-refractivity contribution in [2.24, 2.45) is 22.0 Å². The number of hydrogen-bond donors (Lipinski definition) is 2. The lowest BCUT2D eigenvalue weighted by atomic mass is 10.0. The predicted molar refractivity (Wildman–Crippen MR) is 135 cm³/mol. The summed E-state index contributed by atoms with van der Waals surface area (Å²) in [5.41, 5.74) is 9.08. The standard InChI is InChI=1S/C27H36N4O2/c1-20(2)26(22-14-8-5-9-15-22)30-28-24(32)18-12-7-13-19-25(33)29-31-27(21(3)4)23-16-10-6-11-17-23/h5-6,8-11,14-17,20-21H,7,12-13,18-19H2,1-4H3,(H,28,32)(H,29,33)/b30-26+,31-27+. The van der Waals surface area contributed by atoms with Crippen molar-refractivity contribution in [1.29, 1.82) is 0 Å². The van der Waals surface area contributed by atoms with Crippen LogP contribution < -0.4 is 10.9 Å². The van der Waals surface area contributed by atoms with Crippen LogP contribution in [-0.4, -0.2) is 23.2 Å². The first kappa shape index (κ1) is 26.0. The van der Waals surface area contributed by atoms with Crippen molar-refractivity contribution in [3.63, 3.8) is 0 Å². The van der Waals surface area contributed by atoms with Gasteiger partial charge in [0.05, 0.1) is 11.4 Å². The first-order valence-corrected chi connectivity index (χ1v) is 11.7. The van der Waals surface area contributed by atoms with E-state index in [1.165, 1.54) is 0 Å². The Labute approximate surface area is 197 Å². The Morgan fingerprint density at radius 3 is 1.33 bits per heavy atom. The predicted octanol–water partition coefficient (Wildman–Crippen LogP) is 5.29. The largest absolute Gasteiger partial charge is 0.273 e. The van der Waals surface area contributed by atoms with Gasteiger partial charge in [0.2, 0.25) is 11.8 Å². The molecule has 2 N–H and O–H groups in total. The fraction of sp³-hybridized carbons (Fsp3) is 0.407. The third-order valence-electron chi connectivity index (χ3n) is 5.14. The molecule has 33 heavy (non-hydrogen) atoms. The number of hydrogen-bond acceptors (Lipinski definition) is 4. The number of nitrogens with zero attached hydrogens (tertiary/aromatic N) is 2. The van der Waals surface area contributed by atoms with E-state index >= 15 is 0 Å². The smallest absolute Gasteiger partial charge is 0.240 e. The van der Waals surface area contributed by atoms with Gasteiger partial charge in [0.1, 0.15) is 0 Å². The molecule has 0 spiro atoms. The maximum absolute atomic E-state index is 12.2. The van der Waals surface area contributed by atoms with Gasteiger partial charge in [0.15, 0.2) is 0 Å². The van der Waals surface area contributed by atoms with Gasteiger partial charge >= 0.3 is 0 Å². The molecule has 0 heterocycles. The second-order valence-electron chi connectivity index (χ2n) is 8.67. The van der Waals surface area contributed by atoms with E-state index < -0.39 is 0 Å². The molecule has 0 bridgehead atoms. The van der Waals surface area contributed by atoms with Crippen molar-refractivity contribution in [2.75, 3.05) is 0 Å². The highest BCUT2D eigenvalue weighted by atomic mass is 16.2. The number of amides is 2. The van der Waals surface area contributed by atoms with E-state index in [9.17, 15) is 9.59 Å². The van der Waals surface area contributed by atoms with E-state index in [0.717, 1.165) is 29.0 Å². The Balaban J connectivity index is 1.71. The van der Waals surface area contributed by atoms with Gasteiger partial charge in [-0.15, -0.1) is 0 Å². The van der Waals surface area contributed by atoms with Crippen LogP contribution in [0, 0.1) is 11.8 Å². The minimum Gasteiger partial charge on any atom is -0.273 e. The van der Waals surface area contributed by atoms with Crippen LogP contribution in [0.25, 0.3) is 0 Å². The minimum atomic E-state index is -0.109. The summed E-state index contributed by atoms with van der Waals surface area (Å²) in [5.74, 6) is 0.184. The van der Waals surface area contributed by atoms with Crippen molar-refractivity contribution in [3.05, 3.63) is 71.8 Å². The van der Waals surface area contributed by atoms with E-state index in [4.69, 9.17) is 0 Å². The molecule has 0 aliphatic rings. The third kappa shape index (κ3) is 9.39. The van der Waals surface area contributed by atoms with Gasteiger partial charge in [0, 0.05) is 12.8 Å². The molecule has 2 amide bonds. The average molecular weight is 449 g/mol. The number of carbonyl (C=O) groups excluding carboxylic acids is 2. The van der Waals surface area contributed by atoms with E-state index in [2.05, 4.69) is 48.7 Å². The molecular formula is C27H36N4O2. The first-order chi connectivity index (χ1) is 15.9. The van der Waals surface area contributed by atoms with E-state index in [1.807, 2.05) is 60.7 Å². The molecule has 0 aliphatic heterocycles. The molecule has 0 atom stereocenters. The topological polar surface area (TPSA) is 82.9 Å². The molecule has 6 nitrogen and oxygen atoms in total. The monoisotopic (exact) mass is 448 g/mol. The lowest BCUT2D eigenvalue weighted by Crippen LogP contribution is -2.22. The number of benzene rings is 2. The lowest BCUT2D eigenvalue weighted by molar-refractivity contribution is -0.121. The molecule has 0 fully saturated rings. The maximum atomic E-state index is 12.2. The number of unbranched alkanes of at least 4 members (excludes halogenated alkanes) is 2. The molecule has 6 heteroatoms. The molecule has 0 aliphatic carbocycles. The van der Waals surface area contributed by atoms with Crippen LogP contribution in [0.4, 0.5) is 0 Å². The molecule has 0 radical (unpaired) electrons. The normalized spacial score (nSPS) is 12.2. The third-order valence-corrected chi connectivity index (χ3v) is 5.14. The molecule has 2 aromatic rings. The van der Waals surface area contributed by atoms with Crippen LogP contribution in [0.5, 0.6) is 0 Å². The molecular weight excluding hydrogens is 412 g/mol. The first-order valence-electron chi connectivity index (χ1n) is 11.7. The molecule has 0 saturated carbocycles. The maximum Gasteiger partial charge on any atom is 0.240 e. The van der Waals surface area contributed by atoms with Gasteiger partial charge in [-0.1, -0.05) is 94.8 Å². The number of hydrazone groups is 2. The Bertz CT molecular complexity index is 858. The SMILES string of the molecule is CC(C)/C(=N\NC(=O)CCCCCC(=O)N/N=C(/c1ccccc1)C(C)C)c1ccccc1. The van der Waals surface area contributed by atoms with Crippen LogP contribution in [0.2, 0.25) is 0 Å². The highest BCUT2D eigenvalue weighted by Crippen LogP contribution is 2.10. The second-order valence-corrected chi connectivity index (χ2v) is 8.67. The highest BCUT2D eigenvalue weighted by molar-refractivity contribution is 6.02. The molecule has 0 unspecified atom stereocenters. The van der Waals surface area contributed by atoms with Crippen molar-refractivity contribution in [3.8, 4) is 0 Å². The lowest BCUT2D eigenvalue weighted by Gasteiger charge is -2.11. The molecule has 0 aromatic heterocycles. The summed E-state index contributed by atoms with van der Waals surface area (Å²) in [6.07, 6.45) is 2.98. The quantitative estimate of drug-likeness (QED) is 0.263. The number of nitrogens with one attached hydrogen (secondary N) is 2. The second kappa shape index (κ2) is 14.0. The van der Waals surface area contributed by atoms with Crippen LogP contribution in [0.3, 0.4) is 0 Å². The van der Waals surface area contributed by atoms with Gasteiger partial charge in [-0.25, -0.2) is 10.9 Å². The van der Waals surface area contributed by atoms with Gasteiger partial charge in [-0.2, -0.15) is 10.2 Å². The zero-order chi connectivity index (χ0) is 24.1. The zero-order valence-corrected chi connectivity index (χ0v) is 20.2. The number of carbonyl (C=O) groups is 2. The molecule has 2 rings (SSSR count). The Morgan fingerprint density at radius 1 is 0.636 bits per heavy atom.